The van der Waals surface area contributed by atoms with E-state index >= 15 is 0 Å². The van der Waals surface area contributed by atoms with Crippen molar-refractivity contribution >= 4 is 15.7 Å². The number of carbonyl (C=O) groups is 1. The van der Waals surface area contributed by atoms with E-state index in [4.69, 9.17) is 4.74 Å². The largest absolute Gasteiger partial charge is 0.494 e. The van der Waals surface area contributed by atoms with Crippen LogP contribution in [-0.2, 0) is 9.84 Å². The van der Waals surface area contributed by atoms with Gasteiger partial charge >= 0.3 is 0 Å². The fourth-order valence-corrected chi connectivity index (χ4v) is 5.83. The molecule has 2 aliphatic rings. The first-order chi connectivity index (χ1) is 11.5. The van der Waals surface area contributed by atoms with Gasteiger partial charge in [-0.3, -0.25) is 4.79 Å². The lowest BCUT2D eigenvalue weighted by Crippen LogP contribution is -2.58. The Hall–Kier alpha value is -1.56. The van der Waals surface area contributed by atoms with Crippen molar-refractivity contribution in [3.8, 4) is 5.75 Å². The molecule has 3 rings (SSSR count). The van der Waals surface area contributed by atoms with Crippen LogP contribution >= 0.6 is 0 Å². The van der Waals surface area contributed by atoms with Gasteiger partial charge in [-0.25, -0.2) is 8.42 Å². The van der Waals surface area contributed by atoms with Gasteiger partial charge in [-0.05, 0) is 44.0 Å². The van der Waals surface area contributed by atoms with Crippen LogP contribution in [0, 0.1) is 0 Å². The molecule has 0 atom stereocenters. The first kappa shape index (κ1) is 17.3. The van der Waals surface area contributed by atoms with Crippen molar-refractivity contribution in [3.05, 3.63) is 29.8 Å². The van der Waals surface area contributed by atoms with Crippen molar-refractivity contribution < 1.29 is 17.9 Å². The van der Waals surface area contributed by atoms with E-state index < -0.39 is 9.84 Å². The van der Waals surface area contributed by atoms with Gasteiger partial charge in [0.1, 0.15) is 5.75 Å². The molecular weight excluding hydrogens is 326 g/mol. The Bertz CT molecular complexity index is 671. The third-order valence-electron chi connectivity index (χ3n) is 5.03. The Morgan fingerprint density at radius 3 is 2.29 bits per heavy atom. The Morgan fingerprint density at radius 2 is 1.71 bits per heavy atom. The Morgan fingerprint density at radius 1 is 1.08 bits per heavy atom. The van der Waals surface area contributed by atoms with Crippen LogP contribution in [0.2, 0.25) is 0 Å². The molecule has 1 heterocycles. The molecule has 0 radical (unpaired) electrons. The number of hydrogen-bond donors (Lipinski definition) is 0. The predicted octanol–water partition coefficient (Wildman–Crippen LogP) is 2.66. The molecule has 1 saturated carbocycles. The molecule has 6 heteroatoms. The highest BCUT2D eigenvalue weighted by molar-refractivity contribution is 7.92. The summed E-state index contributed by atoms with van der Waals surface area (Å²) in [6.07, 6.45) is 4.72. The average molecular weight is 351 g/mol. The zero-order chi connectivity index (χ0) is 17.2. The number of hydrogen-bond acceptors (Lipinski definition) is 4. The number of carbonyl (C=O) groups excluding carboxylic acids is 1. The van der Waals surface area contributed by atoms with Gasteiger partial charge in [0.15, 0.2) is 9.84 Å². The predicted molar refractivity (Wildman–Crippen MR) is 93.1 cm³/mol. The van der Waals surface area contributed by atoms with Crippen LogP contribution in [0.25, 0.3) is 0 Å². The smallest absolute Gasteiger partial charge is 0.253 e. The summed E-state index contributed by atoms with van der Waals surface area (Å²) in [5, 5.41) is -0.578. The lowest BCUT2D eigenvalue weighted by molar-refractivity contribution is 0.0658. The quantitative estimate of drug-likeness (QED) is 0.818. The molecule has 1 saturated heterocycles. The molecular formula is C18H25NO4S. The van der Waals surface area contributed by atoms with Gasteiger partial charge in [0, 0.05) is 18.7 Å². The number of rotatable bonds is 5. The molecule has 0 aromatic heterocycles. The van der Waals surface area contributed by atoms with Crippen molar-refractivity contribution in [1.29, 1.82) is 0 Å². The second-order valence-electron chi connectivity index (χ2n) is 6.64. The number of nitrogens with zero attached hydrogens (tertiary/aromatic N) is 1. The van der Waals surface area contributed by atoms with Crippen LogP contribution in [0.3, 0.4) is 0 Å². The Labute approximate surface area is 143 Å². The van der Waals surface area contributed by atoms with Gasteiger partial charge in [-0.1, -0.05) is 19.3 Å². The van der Waals surface area contributed by atoms with Crippen LogP contribution in [0.15, 0.2) is 24.3 Å². The fourth-order valence-electron chi connectivity index (χ4n) is 3.52. The minimum Gasteiger partial charge on any atom is -0.494 e. The average Bonchev–Trinajstić information content (AvgIpc) is 2.55. The second-order valence-corrected chi connectivity index (χ2v) is 9.15. The van der Waals surface area contributed by atoms with Gasteiger partial charge in [0.2, 0.25) is 0 Å². The van der Waals surface area contributed by atoms with E-state index in [0.717, 1.165) is 37.9 Å². The molecule has 0 spiro atoms. The first-order valence-electron chi connectivity index (χ1n) is 8.77. The highest BCUT2D eigenvalue weighted by atomic mass is 32.2. The van der Waals surface area contributed by atoms with Gasteiger partial charge in [-0.2, -0.15) is 0 Å². The number of benzene rings is 1. The van der Waals surface area contributed by atoms with E-state index in [1.54, 1.807) is 29.2 Å². The molecule has 0 unspecified atom stereocenters. The van der Waals surface area contributed by atoms with E-state index in [0.29, 0.717) is 25.3 Å². The van der Waals surface area contributed by atoms with Crippen molar-refractivity contribution in [2.75, 3.05) is 19.7 Å². The number of amides is 1. The maximum atomic E-state index is 12.6. The Balaban J connectivity index is 1.58. The van der Waals surface area contributed by atoms with Crippen molar-refractivity contribution in [1.82, 2.24) is 4.90 Å². The van der Waals surface area contributed by atoms with Gasteiger partial charge in [0.05, 0.1) is 17.1 Å². The molecule has 132 valence electrons. The second kappa shape index (κ2) is 7.13. The minimum absolute atomic E-state index is 0.104. The maximum Gasteiger partial charge on any atom is 0.253 e. The van der Waals surface area contributed by atoms with Crippen molar-refractivity contribution in [3.63, 3.8) is 0 Å². The van der Waals surface area contributed by atoms with Crippen LogP contribution in [0.1, 0.15) is 49.4 Å². The summed E-state index contributed by atoms with van der Waals surface area (Å²) in [4.78, 5) is 14.1. The summed E-state index contributed by atoms with van der Waals surface area (Å²) in [6.45, 7) is 3.14. The molecule has 1 aliphatic carbocycles. The van der Waals surface area contributed by atoms with E-state index in [-0.39, 0.29) is 16.4 Å². The third-order valence-corrected chi connectivity index (χ3v) is 7.66. The summed E-state index contributed by atoms with van der Waals surface area (Å²) >= 11 is 0. The summed E-state index contributed by atoms with van der Waals surface area (Å²) in [6, 6.07) is 7.01. The SMILES string of the molecule is CCOc1ccc(C(=O)N2CC(S(=O)(=O)C3CCCCC3)C2)cc1. The summed E-state index contributed by atoms with van der Waals surface area (Å²) in [5.74, 6) is 0.628. The standard InChI is InChI=1S/C18H25NO4S/c1-2-23-15-10-8-14(9-11-15)18(20)19-12-17(13-19)24(21,22)16-6-4-3-5-7-16/h8-11,16-17H,2-7,12-13H2,1H3. The monoisotopic (exact) mass is 351 g/mol. The lowest BCUT2D eigenvalue weighted by atomic mass is 10.0. The zero-order valence-electron chi connectivity index (χ0n) is 14.1. The Kier molecular flexibility index (Phi) is 5.13. The minimum atomic E-state index is -3.10. The molecule has 24 heavy (non-hydrogen) atoms. The third kappa shape index (κ3) is 3.43. The highest BCUT2D eigenvalue weighted by Crippen LogP contribution is 2.30. The molecule has 1 aromatic rings. The van der Waals surface area contributed by atoms with Gasteiger partial charge in [0.25, 0.3) is 5.91 Å². The lowest BCUT2D eigenvalue weighted by Gasteiger charge is -2.40. The summed E-state index contributed by atoms with van der Waals surface area (Å²) in [7, 11) is -3.10. The van der Waals surface area contributed by atoms with Crippen LogP contribution < -0.4 is 4.74 Å². The van der Waals surface area contributed by atoms with Crippen LogP contribution in [0.5, 0.6) is 5.75 Å². The molecule has 1 amide bonds. The van der Waals surface area contributed by atoms with Crippen molar-refractivity contribution in [2.45, 2.75) is 49.5 Å². The molecule has 1 aromatic carbocycles. The molecule has 0 bridgehead atoms. The topological polar surface area (TPSA) is 63.7 Å². The zero-order valence-corrected chi connectivity index (χ0v) is 14.9. The van der Waals surface area contributed by atoms with E-state index in [2.05, 4.69) is 0 Å². The van der Waals surface area contributed by atoms with E-state index in [9.17, 15) is 13.2 Å². The molecule has 2 fully saturated rings. The van der Waals surface area contributed by atoms with Crippen molar-refractivity contribution in [2.24, 2.45) is 0 Å². The number of sulfone groups is 1. The molecule has 1 aliphatic heterocycles. The number of ether oxygens (including phenoxy) is 1. The fraction of sp³-hybridized carbons (Fsp3) is 0.611. The number of likely N-dealkylation sites (tertiary alicyclic amines) is 1. The maximum absolute atomic E-state index is 12.6. The van der Waals surface area contributed by atoms with E-state index in [1.807, 2.05) is 6.92 Å². The first-order valence-corrected chi connectivity index (χ1v) is 10.4. The summed E-state index contributed by atoms with van der Waals surface area (Å²) < 4.78 is 30.6. The van der Waals surface area contributed by atoms with Crippen LogP contribution in [0.4, 0.5) is 0 Å². The van der Waals surface area contributed by atoms with E-state index in [1.165, 1.54) is 0 Å². The van der Waals surface area contributed by atoms with Gasteiger partial charge in [-0.15, -0.1) is 0 Å². The van der Waals surface area contributed by atoms with Gasteiger partial charge < -0.3 is 9.64 Å². The normalized spacial score (nSPS) is 19.8. The van der Waals surface area contributed by atoms with Crippen LogP contribution in [-0.4, -0.2) is 49.4 Å². The molecule has 5 nitrogen and oxygen atoms in total. The molecule has 0 N–H and O–H groups in total. The summed E-state index contributed by atoms with van der Waals surface area (Å²) in [5.41, 5.74) is 0.576. The highest BCUT2D eigenvalue weighted by Gasteiger charge is 2.43.